The number of hydrogen-bond donors (Lipinski definition) is 1. The minimum atomic E-state index is -5.62. The van der Waals surface area contributed by atoms with Gasteiger partial charge in [-0.05, 0) is 19.4 Å². The highest BCUT2D eigenvalue weighted by atomic mass is 19.4. The number of alkyl halides is 5. The molecule has 0 heterocycles. The van der Waals surface area contributed by atoms with E-state index < -0.39 is 23.3 Å². The minimum absolute atomic E-state index is 0.263. The highest BCUT2D eigenvalue weighted by molar-refractivity contribution is 5.29. The lowest BCUT2D eigenvalue weighted by atomic mass is 9.96. The summed E-state index contributed by atoms with van der Waals surface area (Å²) in [6, 6.07) is 3.44. The van der Waals surface area contributed by atoms with Crippen molar-refractivity contribution in [3.63, 3.8) is 0 Å². The lowest BCUT2D eigenvalue weighted by molar-refractivity contribution is -0.289. The lowest BCUT2D eigenvalue weighted by Gasteiger charge is -2.22. The molecule has 1 N–H and O–H groups in total. The number of hydrogen-bond acceptors (Lipinski definition) is 1. The highest BCUT2D eigenvalue weighted by Crippen LogP contribution is 2.43. The van der Waals surface area contributed by atoms with Gasteiger partial charge in [0.15, 0.2) is 0 Å². The zero-order valence-electron chi connectivity index (χ0n) is 9.15. The molecule has 0 bridgehead atoms. The van der Waals surface area contributed by atoms with Gasteiger partial charge in [0.1, 0.15) is 0 Å². The molecule has 0 aliphatic carbocycles. The molecular formula is C11H11F5O. The molecular weight excluding hydrogens is 243 g/mol. The van der Waals surface area contributed by atoms with Gasteiger partial charge in [0, 0.05) is 5.56 Å². The summed E-state index contributed by atoms with van der Waals surface area (Å²) in [5.41, 5.74) is -2.16. The SMILES string of the molecule is CC(C)(O)c1ccc(C(F)(F)C(F)(F)F)cc1. The number of rotatable bonds is 2. The Labute approximate surface area is 94.9 Å². The van der Waals surface area contributed by atoms with Crippen LogP contribution in [0.15, 0.2) is 24.3 Å². The van der Waals surface area contributed by atoms with E-state index in [9.17, 15) is 27.1 Å². The summed E-state index contributed by atoms with van der Waals surface area (Å²) in [5.74, 6) is -4.88. The van der Waals surface area contributed by atoms with Crippen LogP contribution in [0.25, 0.3) is 0 Å². The Bertz CT molecular complexity index is 386. The predicted molar refractivity (Wildman–Crippen MR) is 51.6 cm³/mol. The molecule has 0 aliphatic rings. The van der Waals surface area contributed by atoms with Crippen molar-refractivity contribution in [3.8, 4) is 0 Å². The Kier molecular flexibility index (Phi) is 3.22. The van der Waals surface area contributed by atoms with Gasteiger partial charge in [0.25, 0.3) is 0 Å². The first-order valence-electron chi connectivity index (χ1n) is 4.74. The molecule has 0 unspecified atom stereocenters. The molecule has 0 spiro atoms. The van der Waals surface area contributed by atoms with Crippen molar-refractivity contribution >= 4 is 0 Å². The third-order valence-electron chi connectivity index (χ3n) is 2.31. The van der Waals surface area contributed by atoms with E-state index in [1.165, 1.54) is 13.8 Å². The third-order valence-corrected chi connectivity index (χ3v) is 2.31. The molecule has 0 fully saturated rings. The largest absolute Gasteiger partial charge is 0.458 e. The van der Waals surface area contributed by atoms with Crippen LogP contribution in [0.4, 0.5) is 22.0 Å². The second-order valence-electron chi connectivity index (χ2n) is 4.21. The van der Waals surface area contributed by atoms with E-state index in [4.69, 9.17) is 0 Å². The zero-order chi connectivity index (χ0) is 13.5. The molecule has 6 heteroatoms. The molecule has 0 saturated heterocycles. The summed E-state index contributed by atoms with van der Waals surface area (Å²) in [5, 5.41) is 9.53. The molecule has 0 radical (unpaired) electrons. The number of halogens is 5. The van der Waals surface area contributed by atoms with E-state index in [1.54, 1.807) is 0 Å². The van der Waals surface area contributed by atoms with Crippen LogP contribution >= 0.6 is 0 Å². The summed E-state index contributed by atoms with van der Waals surface area (Å²) in [6.07, 6.45) is -5.62. The molecule has 1 nitrogen and oxygen atoms in total. The molecule has 0 atom stereocenters. The second-order valence-corrected chi connectivity index (χ2v) is 4.21. The Morgan fingerprint density at radius 2 is 1.18 bits per heavy atom. The van der Waals surface area contributed by atoms with Gasteiger partial charge in [0.2, 0.25) is 0 Å². The minimum Gasteiger partial charge on any atom is -0.386 e. The third kappa shape index (κ3) is 2.74. The van der Waals surface area contributed by atoms with Gasteiger partial charge >= 0.3 is 12.1 Å². The molecule has 0 aliphatic heterocycles. The fraction of sp³-hybridized carbons (Fsp3) is 0.455. The normalized spacial score (nSPS) is 13.9. The van der Waals surface area contributed by atoms with Gasteiger partial charge in [-0.2, -0.15) is 22.0 Å². The van der Waals surface area contributed by atoms with Gasteiger partial charge in [0.05, 0.1) is 5.60 Å². The topological polar surface area (TPSA) is 20.2 Å². The Balaban J connectivity index is 3.12. The van der Waals surface area contributed by atoms with Crippen molar-refractivity contribution in [2.24, 2.45) is 0 Å². The van der Waals surface area contributed by atoms with Gasteiger partial charge in [-0.15, -0.1) is 0 Å². The number of benzene rings is 1. The second kappa shape index (κ2) is 3.94. The average molecular weight is 254 g/mol. The number of aliphatic hydroxyl groups is 1. The van der Waals surface area contributed by atoms with E-state index in [-0.39, 0.29) is 5.56 Å². The fourth-order valence-electron chi connectivity index (χ4n) is 1.25. The van der Waals surface area contributed by atoms with Gasteiger partial charge in [-0.3, -0.25) is 0 Å². The average Bonchev–Trinajstić information content (AvgIpc) is 2.15. The highest BCUT2D eigenvalue weighted by Gasteiger charge is 2.58. The van der Waals surface area contributed by atoms with Crippen molar-refractivity contribution in [2.45, 2.75) is 31.5 Å². The van der Waals surface area contributed by atoms with Crippen molar-refractivity contribution in [1.82, 2.24) is 0 Å². The van der Waals surface area contributed by atoms with E-state index in [2.05, 4.69) is 0 Å². The summed E-state index contributed by atoms with van der Waals surface area (Å²) in [6.45, 7) is 2.81. The van der Waals surface area contributed by atoms with Crippen molar-refractivity contribution in [3.05, 3.63) is 35.4 Å². The Morgan fingerprint density at radius 1 is 0.824 bits per heavy atom. The maximum absolute atomic E-state index is 12.9. The Morgan fingerprint density at radius 3 is 1.47 bits per heavy atom. The lowest BCUT2D eigenvalue weighted by Crippen LogP contribution is -2.33. The maximum Gasteiger partial charge on any atom is 0.458 e. The summed E-state index contributed by atoms with van der Waals surface area (Å²) in [4.78, 5) is 0. The maximum atomic E-state index is 12.9. The molecule has 0 saturated carbocycles. The van der Waals surface area contributed by atoms with Crippen molar-refractivity contribution in [2.75, 3.05) is 0 Å². The van der Waals surface area contributed by atoms with E-state index >= 15 is 0 Å². The molecule has 1 aromatic carbocycles. The molecule has 1 aromatic rings. The van der Waals surface area contributed by atoms with Gasteiger partial charge in [-0.1, -0.05) is 24.3 Å². The van der Waals surface area contributed by atoms with Crippen molar-refractivity contribution < 1.29 is 27.1 Å². The van der Waals surface area contributed by atoms with Gasteiger partial charge < -0.3 is 5.11 Å². The molecule has 0 amide bonds. The van der Waals surface area contributed by atoms with Crippen LogP contribution in [0, 0.1) is 0 Å². The van der Waals surface area contributed by atoms with Crippen LogP contribution < -0.4 is 0 Å². The van der Waals surface area contributed by atoms with E-state index in [1.807, 2.05) is 0 Å². The Hall–Kier alpha value is -1.17. The van der Waals surface area contributed by atoms with Crippen LogP contribution in [0.2, 0.25) is 0 Å². The summed E-state index contributed by atoms with van der Waals surface area (Å²) < 4.78 is 62.0. The van der Waals surface area contributed by atoms with Crippen LogP contribution in [-0.2, 0) is 11.5 Å². The monoisotopic (exact) mass is 254 g/mol. The fourth-order valence-corrected chi connectivity index (χ4v) is 1.25. The first kappa shape index (κ1) is 13.9. The van der Waals surface area contributed by atoms with Crippen LogP contribution in [0.5, 0.6) is 0 Å². The van der Waals surface area contributed by atoms with Crippen LogP contribution in [-0.4, -0.2) is 11.3 Å². The van der Waals surface area contributed by atoms with Gasteiger partial charge in [-0.25, -0.2) is 0 Å². The molecule has 0 aromatic heterocycles. The molecule has 1 rings (SSSR count). The molecule has 17 heavy (non-hydrogen) atoms. The first-order valence-corrected chi connectivity index (χ1v) is 4.74. The van der Waals surface area contributed by atoms with Crippen LogP contribution in [0.1, 0.15) is 25.0 Å². The van der Waals surface area contributed by atoms with E-state index in [0.29, 0.717) is 12.1 Å². The smallest absolute Gasteiger partial charge is 0.386 e. The van der Waals surface area contributed by atoms with E-state index in [0.717, 1.165) is 12.1 Å². The predicted octanol–water partition coefficient (Wildman–Crippen LogP) is 3.57. The summed E-state index contributed by atoms with van der Waals surface area (Å²) in [7, 11) is 0. The van der Waals surface area contributed by atoms with Crippen molar-refractivity contribution in [1.29, 1.82) is 0 Å². The van der Waals surface area contributed by atoms with Crippen LogP contribution in [0.3, 0.4) is 0 Å². The zero-order valence-corrected chi connectivity index (χ0v) is 9.15. The first-order chi connectivity index (χ1) is 7.46. The summed E-state index contributed by atoms with van der Waals surface area (Å²) >= 11 is 0. The quantitative estimate of drug-likeness (QED) is 0.800. The molecule has 96 valence electrons. The standard InChI is InChI=1S/C11H11F5O/c1-9(2,17)7-3-5-8(6-4-7)10(12,13)11(14,15)16/h3-6,17H,1-2H3.